The zero-order valence-electron chi connectivity index (χ0n) is 11.3. The second-order valence-electron chi connectivity index (χ2n) is 5.38. The Bertz CT molecular complexity index is 735. The Morgan fingerprint density at radius 2 is 1.95 bits per heavy atom. The predicted octanol–water partition coefficient (Wildman–Crippen LogP) is 3.98. The van der Waals surface area contributed by atoms with E-state index in [9.17, 15) is 0 Å². The highest BCUT2D eigenvalue weighted by Gasteiger charge is 2.25. The number of anilines is 1. The third-order valence-corrected chi connectivity index (χ3v) is 3.93. The van der Waals surface area contributed by atoms with Crippen LogP contribution in [-0.2, 0) is 6.54 Å². The van der Waals surface area contributed by atoms with Crippen LogP contribution in [0.25, 0.3) is 10.8 Å². The van der Waals surface area contributed by atoms with Crippen LogP contribution >= 0.6 is 0 Å². The van der Waals surface area contributed by atoms with Gasteiger partial charge in [-0.05, 0) is 29.2 Å². The van der Waals surface area contributed by atoms with E-state index >= 15 is 0 Å². The number of aromatic nitrogens is 2. The molecule has 0 radical (unpaired) electrons. The molecule has 3 nitrogen and oxygen atoms in total. The molecule has 1 saturated carbocycles. The number of hydrogen-bond donors (Lipinski definition) is 1. The zero-order chi connectivity index (χ0) is 13.4. The molecule has 3 aromatic rings. The number of nitrogens with zero attached hydrogens (tertiary/aromatic N) is 2. The van der Waals surface area contributed by atoms with Gasteiger partial charge in [0.2, 0.25) is 5.95 Å². The van der Waals surface area contributed by atoms with E-state index in [2.05, 4.69) is 63.5 Å². The van der Waals surface area contributed by atoms with Gasteiger partial charge in [0.25, 0.3) is 0 Å². The van der Waals surface area contributed by atoms with Crippen molar-refractivity contribution in [3.63, 3.8) is 0 Å². The molecule has 0 unspecified atom stereocenters. The number of fused-ring (bicyclic) bond motifs is 1. The third kappa shape index (κ3) is 2.05. The molecule has 0 aliphatic heterocycles. The lowest BCUT2D eigenvalue weighted by atomic mass is 10.0. The van der Waals surface area contributed by atoms with E-state index in [1.165, 1.54) is 29.2 Å². The maximum absolute atomic E-state index is 4.42. The van der Waals surface area contributed by atoms with Crippen LogP contribution in [0.5, 0.6) is 0 Å². The smallest absolute Gasteiger partial charge is 0.203 e. The molecule has 1 fully saturated rings. The number of hydrogen-bond acceptors (Lipinski definition) is 2. The molecule has 1 aromatic heterocycles. The van der Waals surface area contributed by atoms with Gasteiger partial charge in [0.05, 0.1) is 0 Å². The number of imidazole rings is 1. The van der Waals surface area contributed by atoms with Crippen molar-refractivity contribution in [2.45, 2.75) is 25.4 Å². The third-order valence-electron chi connectivity index (χ3n) is 3.93. The summed E-state index contributed by atoms with van der Waals surface area (Å²) < 4.78 is 2.26. The minimum Gasteiger partial charge on any atom is -0.352 e. The number of nitrogens with one attached hydrogen (secondary N) is 1. The molecular weight excluding hydrogens is 246 g/mol. The van der Waals surface area contributed by atoms with Gasteiger partial charge in [-0.1, -0.05) is 42.5 Å². The Hall–Kier alpha value is -2.29. The standard InChI is InChI=1S/C17H17N3/c1-2-7-16-13(4-1)5-3-6-14(16)12-19-17-18-10-11-20(17)15-8-9-15/h1-7,10-11,15H,8-9,12H2,(H,18,19). The van der Waals surface area contributed by atoms with Gasteiger partial charge >= 0.3 is 0 Å². The van der Waals surface area contributed by atoms with Gasteiger partial charge in [-0.15, -0.1) is 0 Å². The maximum atomic E-state index is 4.42. The first-order valence-corrected chi connectivity index (χ1v) is 7.15. The summed E-state index contributed by atoms with van der Waals surface area (Å²) in [6, 6.07) is 15.6. The molecule has 20 heavy (non-hydrogen) atoms. The van der Waals surface area contributed by atoms with Gasteiger partial charge in [-0.3, -0.25) is 0 Å². The minimum absolute atomic E-state index is 0.660. The quantitative estimate of drug-likeness (QED) is 0.771. The number of rotatable bonds is 4. The molecule has 0 amide bonds. The van der Waals surface area contributed by atoms with Crippen molar-refractivity contribution in [1.29, 1.82) is 0 Å². The molecule has 2 aromatic carbocycles. The van der Waals surface area contributed by atoms with E-state index in [-0.39, 0.29) is 0 Å². The second kappa shape index (κ2) is 4.67. The molecule has 1 heterocycles. The lowest BCUT2D eigenvalue weighted by molar-refractivity contribution is 0.743. The fourth-order valence-corrected chi connectivity index (χ4v) is 2.72. The van der Waals surface area contributed by atoms with Crippen molar-refractivity contribution in [3.05, 3.63) is 60.4 Å². The van der Waals surface area contributed by atoms with E-state index in [1.54, 1.807) is 0 Å². The van der Waals surface area contributed by atoms with E-state index in [0.29, 0.717) is 6.04 Å². The lowest BCUT2D eigenvalue weighted by Gasteiger charge is -2.10. The monoisotopic (exact) mass is 263 g/mol. The van der Waals surface area contributed by atoms with Crippen LogP contribution < -0.4 is 5.32 Å². The highest BCUT2D eigenvalue weighted by atomic mass is 15.2. The van der Waals surface area contributed by atoms with E-state index < -0.39 is 0 Å². The fraction of sp³-hybridized carbons (Fsp3) is 0.235. The second-order valence-corrected chi connectivity index (χ2v) is 5.38. The summed E-state index contributed by atoms with van der Waals surface area (Å²) in [5, 5.41) is 6.08. The SMILES string of the molecule is c1ccc2c(CNc3nccn3C3CC3)cccc2c1. The maximum Gasteiger partial charge on any atom is 0.203 e. The average Bonchev–Trinajstić information content (AvgIpc) is 3.24. The van der Waals surface area contributed by atoms with Crippen LogP contribution in [0.3, 0.4) is 0 Å². The van der Waals surface area contributed by atoms with E-state index in [0.717, 1.165) is 12.5 Å². The summed E-state index contributed by atoms with van der Waals surface area (Å²) in [6.45, 7) is 0.811. The van der Waals surface area contributed by atoms with Crippen molar-refractivity contribution in [3.8, 4) is 0 Å². The summed E-state index contributed by atoms with van der Waals surface area (Å²) in [4.78, 5) is 4.42. The first-order valence-electron chi connectivity index (χ1n) is 7.15. The molecule has 1 aliphatic carbocycles. The van der Waals surface area contributed by atoms with Crippen LogP contribution in [0, 0.1) is 0 Å². The molecule has 0 saturated heterocycles. The van der Waals surface area contributed by atoms with Crippen molar-refractivity contribution >= 4 is 16.7 Å². The molecular formula is C17H17N3. The summed E-state index contributed by atoms with van der Waals surface area (Å²) in [7, 11) is 0. The minimum atomic E-state index is 0.660. The lowest BCUT2D eigenvalue weighted by Crippen LogP contribution is -2.06. The Morgan fingerprint density at radius 1 is 1.10 bits per heavy atom. The topological polar surface area (TPSA) is 29.9 Å². The van der Waals surface area contributed by atoms with Gasteiger partial charge < -0.3 is 9.88 Å². The zero-order valence-corrected chi connectivity index (χ0v) is 11.3. The highest BCUT2D eigenvalue weighted by Crippen LogP contribution is 2.36. The normalized spacial score (nSPS) is 14.6. The molecule has 100 valence electrons. The predicted molar refractivity (Wildman–Crippen MR) is 81.8 cm³/mol. The van der Waals surface area contributed by atoms with Crippen LogP contribution in [0.1, 0.15) is 24.4 Å². The van der Waals surface area contributed by atoms with E-state index in [4.69, 9.17) is 0 Å². The van der Waals surface area contributed by atoms with Crippen molar-refractivity contribution in [2.75, 3.05) is 5.32 Å². The molecule has 0 spiro atoms. The van der Waals surface area contributed by atoms with Crippen molar-refractivity contribution in [2.24, 2.45) is 0 Å². The first-order chi connectivity index (χ1) is 9.92. The van der Waals surface area contributed by atoms with Gasteiger partial charge in [0.15, 0.2) is 0 Å². The molecule has 0 bridgehead atoms. The summed E-state index contributed by atoms with van der Waals surface area (Å²) >= 11 is 0. The molecule has 3 heteroatoms. The molecule has 1 aliphatic rings. The molecule has 1 N–H and O–H groups in total. The average molecular weight is 263 g/mol. The first kappa shape index (κ1) is 11.5. The Morgan fingerprint density at radius 3 is 2.85 bits per heavy atom. The van der Waals surface area contributed by atoms with E-state index in [1.807, 2.05) is 6.20 Å². The Kier molecular flexibility index (Phi) is 2.69. The van der Waals surface area contributed by atoms with Crippen molar-refractivity contribution in [1.82, 2.24) is 9.55 Å². The van der Waals surface area contributed by atoms with Gasteiger partial charge in [-0.2, -0.15) is 0 Å². The number of benzene rings is 2. The Balaban J connectivity index is 1.60. The van der Waals surface area contributed by atoms with Gasteiger partial charge in [0.1, 0.15) is 0 Å². The van der Waals surface area contributed by atoms with Crippen LogP contribution in [0.2, 0.25) is 0 Å². The Labute approximate surface area is 118 Å². The van der Waals surface area contributed by atoms with Gasteiger partial charge in [0, 0.05) is 25.0 Å². The highest BCUT2D eigenvalue weighted by molar-refractivity contribution is 5.85. The van der Waals surface area contributed by atoms with Gasteiger partial charge in [-0.25, -0.2) is 4.98 Å². The van der Waals surface area contributed by atoms with Crippen LogP contribution in [0.4, 0.5) is 5.95 Å². The van der Waals surface area contributed by atoms with Crippen LogP contribution in [0.15, 0.2) is 54.9 Å². The van der Waals surface area contributed by atoms with Crippen LogP contribution in [-0.4, -0.2) is 9.55 Å². The molecule has 4 rings (SSSR count). The molecule has 0 atom stereocenters. The summed E-state index contributed by atoms with van der Waals surface area (Å²) in [6.07, 6.45) is 6.51. The van der Waals surface area contributed by atoms with Crippen molar-refractivity contribution < 1.29 is 0 Å². The largest absolute Gasteiger partial charge is 0.352 e. The summed E-state index contributed by atoms with van der Waals surface area (Å²) in [5.74, 6) is 0.987. The fourth-order valence-electron chi connectivity index (χ4n) is 2.72. The summed E-state index contributed by atoms with van der Waals surface area (Å²) in [5.41, 5.74) is 1.31.